The van der Waals surface area contributed by atoms with Gasteiger partial charge in [-0.1, -0.05) is 129 Å². The van der Waals surface area contributed by atoms with Crippen molar-refractivity contribution < 1.29 is 0 Å². The van der Waals surface area contributed by atoms with Crippen LogP contribution in [0.4, 0.5) is 0 Å². The molecule has 0 spiro atoms. The highest BCUT2D eigenvalue weighted by atomic mass is 14.7. The van der Waals surface area contributed by atoms with E-state index in [0.717, 1.165) is 5.52 Å². The number of para-hydroxylation sites is 1. The first-order chi connectivity index (χ1) is 21.1. The van der Waals surface area contributed by atoms with Crippen molar-refractivity contribution in [3.05, 3.63) is 151 Å². The van der Waals surface area contributed by atoms with Crippen LogP contribution < -0.4 is 0 Å². The molecule has 1 aromatic heterocycles. The summed E-state index contributed by atoms with van der Waals surface area (Å²) in [6.07, 6.45) is 2.11. The van der Waals surface area contributed by atoms with Crippen LogP contribution in [0, 0.1) is 0 Å². The molecule has 1 heterocycles. The molecule has 1 aliphatic rings. The smallest absolute Gasteiger partial charge is 0.0708 e. The molecule has 0 fully saturated rings. The van der Waals surface area contributed by atoms with Crippen molar-refractivity contribution in [1.82, 2.24) is 4.98 Å². The number of aromatic nitrogens is 1. The van der Waals surface area contributed by atoms with E-state index >= 15 is 0 Å². The topological polar surface area (TPSA) is 12.9 Å². The van der Waals surface area contributed by atoms with Gasteiger partial charge in [-0.25, -0.2) is 0 Å². The van der Waals surface area contributed by atoms with Crippen LogP contribution >= 0.6 is 0 Å². The number of hydrogen-bond donors (Lipinski definition) is 0. The summed E-state index contributed by atoms with van der Waals surface area (Å²) in [6.45, 7) is 4.69. The lowest BCUT2D eigenvalue weighted by Crippen LogP contribution is -2.14. The van der Waals surface area contributed by atoms with Gasteiger partial charge < -0.3 is 0 Å². The molecule has 0 N–H and O–H groups in total. The second-order valence-corrected chi connectivity index (χ2v) is 12.4. The molecular formula is C42H29N. The zero-order valence-electron chi connectivity index (χ0n) is 24.2. The molecule has 0 amide bonds. The highest BCUT2D eigenvalue weighted by Crippen LogP contribution is 2.51. The van der Waals surface area contributed by atoms with Gasteiger partial charge in [-0.2, -0.15) is 0 Å². The van der Waals surface area contributed by atoms with Crippen LogP contribution in [0.15, 0.2) is 140 Å². The summed E-state index contributed by atoms with van der Waals surface area (Å²) in [4.78, 5) is 5.02. The summed E-state index contributed by atoms with van der Waals surface area (Å²) in [5, 5.41) is 8.65. The van der Waals surface area contributed by atoms with Crippen LogP contribution in [0.3, 0.4) is 0 Å². The van der Waals surface area contributed by atoms with E-state index in [1.165, 1.54) is 82.2 Å². The van der Waals surface area contributed by atoms with E-state index in [-0.39, 0.29) is 5.41 Å². The Labute approximate surface area is 251 Å². The molecule has 202 valence electrons. The van der Waals surface area contributed by atoms with Gasteiger partial charge >= 0.3 is 0 Å². The fraction of sp³-hybridized carbons (Fsp3) is 0.0714. The van der Waals surface area contributed by atoms with Crippen LogP contribution in [-0.2, 0) is 5.41 Å². The second-order valence-electron chi connectivity index (χ2n) is 12.4. The molecule has 0 bridgehead atoms. The maximum atomic E-state index is 5.02. The Morgan fingerprint density at radius 1 is 0.465 bits per heavy atom. The molecule has 1 nitrogen and oxygen atoms in total. The standard InChI is InChI=1S/C42H29N/c1-42(2)36-17-9-7-13-30(36)34-24-29(21-22-37(34)42)39-31-14-5-6-15-32(31)40(28-20-19-26-11-3-4-12-27(26)23-28)41-33-16-8-10-18-38(33)43-25-35(39)41/h3-25H,1-2H3. The van der Waals surface area contributed by atoms with Crippen LogP contribution in [0.1, 0.15) is 25.0 Å². The molecular weight excluding hydrogens is 518 g/mol. The van der Waals surface area contributed by atoms with Crippen molar-refractivity contribution in [2.75, 3.05) is 0 Å². The highest BCUT2D eigenvalue weighted by molar-refractivity contribution is 6.27. The van der Waals surface area contributed by atoms with E-state index in [4.69, 9.17) is 4.98 Å². The number of fused-ring (bicyclic) bond motifs is 8. The predicted molar refractivity (Wildman–Crippen MR) is 183 cm³/mol. The van der Waals surface area contributed by atoms with Crippen LogP contribution in [0.25, 0.3) is 76.6 Å². The van der Waals surface area contributed by atoms with Gasteiger partial charge in [0.1, 0.15) is 0 Å². The van der Waals surface area contributed by atoms with Gasteiger partial charge in [0, 0.05) is 27.8 Å². The minimum absolute atomic E-state index is 0.0215. The van der Waals surface area contributed by atoms with Gasteiger partial charge in [0.2, 0.25) is 0 Å². The number of rotatable bonds is 2. The average Bonchev–Trinajstić information content (AvgIpc) is 3.29. The molecule has 0 radical (unpaired) electrons. The molecule has 0 atom stereocenters. The van der Waals surface area contributed by atoms with Crippen molar-refractivity contribution >= 4 is 43.2 Å². The monoisotopic (exact) mass is 547 g/mol. The number of benzene rings is 7. The third-order valence-electron chi connectivity index (χ3n) is 9.67. The number of pyridine rings is 1. The van der Waals surface area contributed by atoms with E-state index in [9.17, 15) is 0 Å². The largest absolute Gasteiger partial charge is 0.256 e. The Morgan fingerprint density at radius 3 is 1.95 bits per heavy atom. The van der Waals surface area contributed by atoms with Crippen molar-refractivity contribution in [3.8, 4) is 33.4 Å². The molecule has 7 aromatic carbocycles. The minimum atomic E-state index is -0.0215. The lowest BCUT2D eigenvalue weighted by molar-refractivity contribution is 0.660. The summed E-state index contributed by atoms with van der Waals surface area (Å²) in [5.41, 5.74) is 11.4. The number of hydrogen-bond acceptors (Lipinski definition) is 1. The molecule has 0 aliphatic heterocycles. The third kappa shape index (κ3) is 3.43. The van der Waals surface area contributed by atoms with Crippen molar-refractivity contribution in [2.45, 2.75) is 19.3 Å². The van der Waals surface area contributed by atoms with Crippen LogP contribution in [-0.4, -0.2) is 4.98 Å². The van der Waals surface area contributed by atoms with E-state index < -0.39 is 0 Å². The molecule has 8 aromatic rings. The molecule has 1 aliphatic carbocycles. The zero-order chi connectivity index (χ0) is 28.7. The highest BCUT2D eigenvalue weighted by Gasteiger charge is 2.35. The summed E-state index contributed by atoms with van der Waals surface area (Å²) < 4.78 is 0. The van der Waals surface area contributed by atoms with Gasteiger partial charge in [0.25, 0.3) is 0 Å². The summed E-state index contributed by atoms with van der Waals surface area (Å²) in [6, 6.07) is 49.0. The minimum Gasteiger partial charge on any atom is -0.256 e. The third-order valence-corrected chi connectivity index (χ3v) is 9.67. The number of nitrogens with zero attached hydrogens (tertiary/aromatic N) is 1. The van der Waals surface area contributed by atoms with Crippen molar-refractivity contribution in [1.29, 1.82) is 0 Å². The Hall–Kier alpha value is -5.27. The summed E-state index contributed by atoms with van der Waals surface area (Å²) in [7, 11) is 0. The molecule has 9 rings (SSSR count). The fourth-order valence-electron chi connectivity index (χ4n) is 7.63. The Balaban J connectivity index is 1.43. The average molecular weight is 548 g/mol. The van der Waals surface area contributed by atoms with Crippen molar-refractivity contribution in [3.63, 3.8) is 0 Å². The first-order valence-electron chi connectivity index (χ1n) is 15.1. The van der Waals surface area contributed by atoms with E-state index in [1.807, 2.05) is 0 Å². The maximum absolute atomic E-state index is 5.02. The molecule has 43 heavy (non-hydrogen) atoms. The van der Waals surface area contributed by atoms with Gasteiger partial charge in [-0.3, -0.25) is 4.98 Å². The predicted octanol–water partition coefficient (Wildman–Crippen LogP) is 11.3. The molecule has 0 saturated carbocycles. The van der Waals surface area contributed by atoms with Gasteiger partial charge in [-0.05, 0) is 84.3 Å². The Morgan fingerprint density at radius 2 is 1.09 bits per heavy atom. The van der Waals surface area contributed by atoms with E-state index in [2.05, 4.69) is 154 Å². The van der Waals surface area contributed by atoms with Gasteiger partial charge in [0.15, 0.2) is 0 Å². The second kappa shape index (κ2) is 8.86. The summed E-state index contributed by atoms with van der Waals surface area (Å²) >= 11 is 0. The molecule has 0 saturated heterocycles. The quantitative estimate of drug-likeness (QED) is 0.155. The molecule has 0 unspecified atom stereocenters. The van der Waals surface area contributed by atoms with Gasteiger partial charge in [-0.15, -0.1) is 0 Å². The van der Waals surface area contributed by atoms with Crippen molar-refractivity contribution in [2.24, 2.45) is 0 Å². The van der Waals surface area contributed by atoms with Gasteiger partial charge in [0.05, 0.1) is 5.52 Å². The van der Waals surface area contributed by atoms with Crippen LogP contribution in [0.2, 0.25) is 0 Å². The lowest BCUT2D eigenvalue weighted by Gasteiger charge is -2.22. The first kappa shape index (κ1) is 24.3. The Bertz CT molecular complexity index is 2430. The fourth-order valence-corrected chi connectivity index (χ4v) is 7.63. The zero-order valence-corrected chi connectivity index (χ0v) is 24.2. The van der Waals surface area contributed by atoms with E-state index in [0.29, 0.717) is 0 Å². The maximum Gasteiger partial charge on any atom is 0.0708 e. The van der Waals surface area contributed by atoms with Crippen LogP contribution in [0.5, 0.6) is 0 Å². The van der Waals surface area contributed by atoms with E-state index in [1.54, 1.807) is 0 Å². The lowest BCUT2D eigenvalue weighted by atomic mass is 9.81. The molecule has 1 heteroatoms. The normalized spacial score (nSPS) is 13.5. The SMILES string of the molecule is CC1(C)c2ccccc2-c2cc(-c3c4ccccc4c(-c4ccc5ccccc5c4)c4c3cnc3ccccc34)ccc21. The summed E-state index contributed by atoms with van der Waals surface area (Å²) in [5.74, 6) is 0. The Kier molecular flexibility index (Phi) is 5.02. The first-order valence-corrected chi connectivity index (χ1v) is 15.1.